The third kappa shape index (κ3) is 5.85. The van der Waals surface area contributed by atoms with Crippen LogP contribution in [0.15, 0.2) is 53.7 Å². The second kappa shape index (κ2) is 11.9. The van der Waals surface area contributed by atoms with Crippen LogP contribution < -0.4 is 15.4 Å². The first-order valence-corrected chi connectivity index (χ1v) is 14.7. The lowest BCUT2D eigenvalue weighted by Crippen LogP contribution is -2.55. The average molecular weight is 620 g/mol. The highest BCUT2D eigenvalue weighted by Crippen LogP contribution is 2.42. The number of likely N-dealkylation sites (tertiary alicyclic amines) is 1. The highest BCUT2D eigenvalue weighted by molar-refractivity contribution is 6.14. The summed E-state index contributed by atoms with van der Waals surface area (Å²) in [5.41, 5.74) is 6.55. The minimum absolute atomic E-state index is 0.0277. The van der Waals surface area contributed by atoms with Gasteiger partial charge in [-0.05, 0) is 74.0 Å². The fourth-order valence-electron chi connectivity index (χ4n) is 6.30. The summed E-state index contributed by atoms with van der Waals surface area (Å²) in [6.07, 6.45) is 0.250. The number of rotatable bonds is 7. The number of nitrogen functional groups attached to an aromatic ring is 1. The number of piperazine rings is 1. The Bertz CT molecular complexity index is 1820. The van der Waals surface area contributed by atoms with Gasteiger partial charge in [-0.3, -0.25) is 4.79 Å². The molecule has 4 aromatic rings. The number of likely N-dealkylation sites (N-methyl/N-ethyl adjacent to an activating group) is 1. The van der Waals surface area contributed by atoms with E-state index in [1.807, 2.05) is 11.9 Å². The first kappa shape index (κ1) is 30.2. The number of ether oxygens (including phenoxy) is 1. The van der Waals surface area contributed by atoms with Crippen LogP contribution in [0.2, 0.25) is 0 Å². The lowest BCUT2D eigenvalue weighted by Gasteiger charge is -2.41. The number of hydrogen-bond donors (Lipinski definition) is 1. The number of furan rings is 1. The van der Waals surface area contributed by atoms with E-state index in [0.717, 1.165) is 31.5 Å². The minimum Gasteiger partial charge on any atom is -0.463 e. The average Bonchev–Trinajstić information content (AvgIpc) is 3.67. The summed E-state index contributed by atoms with van der Waals surface area (Å²) in [6.45, 7) is 5.95. The van der Waals surface area contributed by atoms with E-state index in [-0.39, 0.29) is 35.6 Å². The van der Waals surface area contributed by atoms with Gasteiger partial charge in [-0.1, -0.05) is 6.58 Å². The lowest BCUT2D eigenvalue weighted by molar-refractivity contribution is -0.137. The molecule has 6 rings (SSSR count). The molecule has 0 bridgehead atoms. The Morgan fingerprint density at radius 1 is 1.22 bits per heavy atom. The molecule has 2 fully saturated rings. The topological polar surface area (TPSA) is 125 Å². The number of anilines is 2. The smallest absolute Gasteiger partial charge is 0.416 e. The van der Waals surface area contributed by atoms with Crippen molar-refractivity contribution >= 4 is 39.3 Å². The molecule has 2 saturated heterocycles. The van der Waals surface area contributed by atoms with E-state index in [4.69, 9.17) is 24.9 Å². The SMILES string of the molecule is C=CC(=O)N1CCN(c2nc(OC[C@@H]3CCCN3C)nc3cc(-c4cc(N)cc(C(F)(F)F)c4)c4ccoc4c23)C[C@@H]1CC#N. The van der Waals surface area contributed by atoms with Crippen LogP contribution in [0.1, 0.15) is 24.8 Å². The summed E-state index contributed by atoms with van der Waals surface area (Å²) in [5, 5.41) is 10.6. The van der Waals surface area contributed by atoms with Crippen molar-refractivity contribution in [3.8, 4) is 23.2 Å². The number of benzene rings is 2. The summed E-state index contributed by atoms with van der Waals surface area (Å²) in [6, 6.07) is 8.88. The Balaban J connectivity index is 1.50. The Morgan fingerprint density at radius 3 is 2.76 bits per heavy atom. The van der Waals surface area contributed by atoms with E-state index < -0.39 is 17.8 Å². The zero-order valence-corrected chi connectivity index (χ0v) is 24.7. The molecule has 2 aliphatic heterocycles. The molecule has 0 radical (unpaired) electrons. The largest absolute Gasteiger partial charge is 0.463 e. The third-order valence-corrected chi connectivity index (χ3v) is 8.60. The molecule has 2 aromatic heterocycles. The molecule has 1 amide bonds. The van der Waals surface area contributed by atoms with Crippen molar-refractivity contribution in [2.75, 3.05) is 50.5 Å². The van der Waals surface area contributed by atoms with Crippen molar-refractivity contribution in [1.29, 1.82) is 5.26 Å². The van der Waals surface area contributed by atoms with Crippen LogP contribution in [-0.2, 0) is 11.0 Å². The molecule has 234 valence electrons. The molecule has 2 atom stereocenters. The molecular weight excluding hydrogens is 587 g/mol. The number of carbonyl (C=O) groups excluding carboxylic acids is 1. The maximum absolute atomic E-state index is 13.7. The summed E-state index contributed by atoms with van der Waals surface area (Å²) in [5.74, 6) is 0.226. The van der Waals surface area contributed by atoms with Crippen molar-refractivity contribution < 1.29 is 27.1 Å². The number of aromatic nitrogens is 2. The van der Waals surface area contributed by atoms with E-state index in [1.165, 1.54) is 18.4 Å². The number of nitrogens with zero attached hydrogens (tertiary/aromatic N) is 6. The van der Waals surface area contributed by atoms with E-state index in [2.05, 4.69) is 17.5 Å². The molecule has 4 heterocycles. The van der Waals surface area contributed by atoms with Gasteiger partial charge in [0.15, 0.2) is 0 Å². The molecular formula is C32H32F3N7O3. The van der Waals surface area contributed by atoms with Crippen LogP contribution >= 0.6 is 0 Å². The molecule has 10 nitrogen and oxygen atoms in total. The molecule has 0 unspecified atom stereocenters. The number of fused-ring (bicyclic) bond motifs is 3. The predicted molar refractivity (Wildman–Crippen MR) is 163 cm³/mol. The van der Waals surface area contributed by atoms with Crippen LogP contribution in [0.5, 0.6) is 6.01 Å². The first-order valence-electron chi connectivity index (χ1n) is 14.7. The standard InChI is InChI=1S/C32H32F3N7O3/c1-3-27(43)42-11-10-41(17-22(42)6-8-36)30-28-26(38-31(39-30)45-18-23-5-4-9-40(23)2)16-25(24-7-12-44-29(24)28)19-13-20(32(33,34)35)15-21(37)14-19/h3,7,12-16,22-23H,1,4-6,9-11,17-18,37H2,2H3/t22-,23-/m0/s1. The molecule has 0 aliphatic carbocycles. The van der Waals surface area contributed by atoms with Gasteiger partial charge in [-0.2, -0.15) is 28.4 Å². The number of nitriles is 1. The van der Waals surface area contributed by atoms with Gasteiger partial charge in [0, 0.05) is 36.7 Å². The molecule has 0 saturated carbocycles. The van der Waals surface area contributed by atoms with Crippen LogP contribution in [0, 0.1) is 11.3 Å². The van der Waals surface area contributed by atoms with Gasteiger partial charge in [0.25, 0.3) is 0 Å². The Morgan fingerprint density at radius 2 is 2.04 bits per heavy atom. The summed E-state index contributed by atoms with van der Waals surface area (Å²) in [7, 11) is 2.04. The zero-order valence-electron chi connectivity index (χ0n) is 24.7. The van der Waals surface area contributed by atoms with Crippen LogP contribution in [0.4, 0.5) is 24.7 Å². The van der Waals surface area contributed by atoms with E-state index in [9.17, 15) is 23.2 Å². The molecule has 0 spiro atoms. The highest BCUT2D eigenvalue weighted by Gasteiger charge is 2.34. The van der Waals surface area contributed by atoms with Gasteiger partial charge in [0.2, 0.25) is 5.91 Å². The quantitative estimate of drug-likeness (QED) is 0.219. The van der Waals surface area contributed by atoms with Crippen LogP contribution in [0.25, 0.3) is 33.0 Å². The van der Waals surface area contributed by atoms with E-state index >= 15 is 0 Å². The van der Waals surface area contributed by atoms with Crippen molar-refractivity contribution in [2.24, 2.45) is 0 Å². The fourth-order valence-corrected chi connectivity index (χ4v) is 6.30. The van der Waals surface area contributed by atoms with Gasteiger partial charge in [0.1, 0.15) is 18.0 Å². The summed E-state index contributed by atoms with van der Waals surface area (Å²) >= 11 is 0. The predicted octanol–water partition coefficient (Wildman–Crippen LogP) is 5.23. The number of halogens is 3. The summed E-state index contributed by atoms with van der Waals surface area (Å²) in [4.78, 5) is 27.9. The maximum atomic E-state index is 13.7. The van der Waals surface area contributed by atoms with E-state index in [0.29, 0.717) is 59.5 Å². The number of alkyl halides is 3. The van der Waals surface area contributed by atoms with Gasteiger partial charge in [0.05, 0.1) is 41.3 Å². The number of amides is 1. The first-order chi connectivity index (χ1) is 21.6. The van der Waals surface area contributed by atoms with Gasteiger partial charge >= 0.3 is 12.2 Å². The maximum Gasteiger partial charge on any atom is 0.416 e. The van der Waals surface area contributed by atoms with Gasteiger partial charge < -0.3 is 29.6 Å². The third-order valence-electron chi connectivity index (χ3n) is 8.60. The lowest BCUT2D eigenvalue weighted by atomic mass is 9.97. The molecule has 2 aliphatic rings. The molecule has 2 aromatic carbocycles. The van der Waals surface area contributed by atoms with Gasteiger partial charge in [-0.15, -0.1) is 0 Å². The Kier molecular flexibility index (Phi) is 8.01. The highest BCUT2D eigenvalue weighted by atomic mass is 19.4. The van der Waals surface area contributed by atoms with Crippen LogP contribution in [0.3, 0.4) is 0 Å². The minimum atomic E-state index is -4.59. The zero-order chi connectivity index (χ0) is 31.9. The van der Waals surface area contributed by atoms with Crippen molar-refractivity contribution in [3.63, 3.8) is 0 Å². The second-order valence-electron chi connectivity index (χ2n) is 11.4. The summed E-state index contributed by atoms with van der Waals surface area (Å²) < 4.78 is 53.3. The molecule has 13 heteroatoms. The van der Waals surface area contributed by atoms with Crippen molar-refractivity contribution in [1.82, 2.24) is 19.8 Å². The Hall–Kier alpha value is -4.83. The number of nitrogens with two attached hydrogens (primary N) is 1. The van der Waals surface area contributed by atoms with Crippen molar-refractivity contribution in [3.05, 3.63) is 54.8 Å². The Labute approximate surface area is 257 Å². The fraction of sp³-hybridized carbons (Fsp3) is 0.375. The van der Waals surface area contributed by atoms with Crippen molar-refractivity contribution in [2.45, 2.75) is 37.5 Å². The van der Waals surface area contributed by atoms with Crippen LogP contribution in [-0.4, -0.2) is 77.6 Å². The number of carbonyl (C=O) groups is 1. The molecule has 2 N–H and O–H groups in total. The normalized spacial score (nSPS) is 19.3. The van der Waals surface area contributed by atoms with E-state index in [1.54, 1.807) is 17.0 Å². The molecule has 45 heavy (non-hydrogen) atoms. The monoisotopic (exact) mass is 619 g/mol. The number of hydrogen-bond acceptors (Lipinski definition) is 9. The second-order valence-corrected chi connectivity index (χ2v) is 11.4. The van der Waals surface area contributed by atoms with Gasteiger partial charge in [-0.25, -0.2) is 0 Å².